The molecule has 2 N–H and O–H groups in total. The molecule has 0 spiro atoms. The van der Waals surface area contributed by atoms with Gasteiger partial charge in [-0.3, -0.25) is 0 Å². The number of nitrogens with two attached hydrogens (primary N) is 1. The lowest BCUT2D eigenvalue weighted by Crippen LogP contribution is -2.14. The number of alkyl halides is 3. The van der Waals surface area contributed by atoms with E-state index >= 15 is 0 Å². The molecule has 0 saturated carbocycles. The molecular formula is C15H13F4NS. The summed E-state index contributed by atoms with van der Waals surface area (Å²) in [7, 11) is 0. The molecule has 0 fully saturated rings. The van der Waals surface area contributed by atoms with E-state index in [2.05, 4.69) is 0 Å². The van der Waals surface area contributed by atoms with Crippen LogP contribution in [0.3, 0.4) is 0 Å². The average Bonchev–Trinajstić information content (AvgIpc) is 2.44. The van der Waals surface area contributed by atoms with Crippen molar-refractivity contribution in [3.63, 3.8) is 0 Å². The molecule has 0 aliphatic carbocycles. The number of hydrogen-bond donors (Lipinski definition) is 1. The molecule has 2 aromatic rings. The fourth-order valence-electron chi connectivity index (χ4n) is 1.78. The Morgan fingerprint density at radius 1 is 1.05 bits per heavy atom. The van der Waals surface area contributed by atoms with Gasteiger partial charge in [-0.2, -0.15) is 13.2 Å². The summed E-state index contributed by atoms with van der Waals surface area (Å²) in [5, 5.41) is 0. The highest BCUT2D eigenvalue weighted by atomic mass is 32.2. The van der Waals surface area contributed by atoms with Gasteiger partial charge in [-0.25, -0.2) is 4.39 Å². The van der Waals surface area contributed by atoms with Crippen LogP contribution in [0.4, 0.5) is 17.6 Å². The molecule has 112 valence electrons. The smallest absolute Gasteiger partial charge is 0.323 e. The van der Waals surface area contributed by atoms with Crippen LogP contribution in [-0.2, 0) is 6.18 Å². The molecule has 0 aliphatic heterocycles. The zero-order valence-corrected chi connectivity index (χ0v) is 11.7. The molecular weight excluding hydrogens is 302 g/mol. The van der Waals surface area contributed by atoms with Gasteiger partial charge < -0.3 is 5.73 Å². The Kier molecular flexibility index (Phi) is 4.90. The van der Waals surface area contributed by atoms with Crippen LogP contribution >= 0.6 is 11.8 Å². The molecule has 6 heteroatoms. The van der Waals surface area contributed by atoms with Gasteiger partial charge in [0.2, 0.25) is 0 Å². The quantitative estimate of drug-likeness (QED) is 0.657. The van der Waals surface area contributed by atoms with Gasteiger partial charge in [-0.15, -0.1) is 11.8 Å². The van der Waals surface area contributed by atoms with E-state index < -0.39 is 17.8 Å². The molecule has 2 rings (SSSR count). The largest absolute Gasteiger partial charge is 0.416 e. The van der Waals surface area contributed by atoms with Crippen LogP contribution in [0.1, 0.15) is 17.2 Å². The van der Waals surface area contributed by atoms with Crippen LogP contribution in [0.2, 0.25) is 0 Å². The van der Waals surface area contributed by atoms with E-state index in [9.17, 15) is 17.6 Å². The summed E-state index contributed by atoms with van der Waals surface area (Å²) >= 11 is 1.30. The second-order valence-corrected chi connectivity index (χ2v) is 5.59. The van der Waals surface area contributed by atoms with E-state index in [4.69, 9.17) is 5.73 Å². The van der Waals surface area contributed by atoms with Crippen molar-refractivity contribution >= 4 is 11.8 Å². The van der Waals surface area contributed by atoms with Gasteiger partial charge in [-0.05, 0) is 35.9 Å². The summed E-state index contributed by atoms with van der Waals surface area (Å²) in [4.78, 5) is 0.692. The van der Waals surface area contributed by atoms with Gasteiger partial charge in [0.15, 0.2) is 0 Å². The first kappa shape index (κ1) is 15.9. The fourth-order valence-corrected chi connectivity index (χ4v) is 2.72. The van der Waals surface area contributed by atoms with Crippen LogP contribution in [0.15, 0.2) is 53.4 Å². The highest BCUT2D eigenvalue weighted by molar-refractivity contribution is 7.99. The van der Waals surface area contributed by atoms with E-state index in [0.29, 0.717) is 16.2 Å². The Bertz CT molecular complexity index is 613. The van der Waals surface area contributed by atoms with Gasteiger partial charge in [0.25, 0.3) is 0 Å². The Morgan fingerprint density at radius 2 is 1.76 bits per heavy atom. The maximum Gasteiger partial charge on any atom is 0.416 e. The van der Waals surface area contributed by atoms with Crippen molar-refractivity contribution in [2.24, 2.45) is 5.73 Å². The van der Waals surface area contributed by atoms with Crippen LogP contribution in [0.5, 0.6) is 0 Å². The summed E-state index contributed by atoms with van der Waals surface area (Å²) in [6, 6.07) is 10.4. The fraction of sp³-hybridized carbons (Fsp3) is 0.200. The minimum absolute atomic E-state index is 0.354. The Labute approximate surface area is 124 Å². The summed E-state index contributed by atoms with van der Waals surface area (Å²) < 4.78 is 50.9. The number of thioether (sulfide) groups is 1. The van der Waals surface area contributed by atoms with Gasteiger partial charge in [0.1, 0.15) is 5.82 Å². The normalized spacial score (nSPS) is 13.2. The molecule has 1 nitrogen and oxygen atoms in total. The maximum atomic E-state index is 13.0. The van der Waals surface area contributed by atoms with E-state index in [1.165, 1.54) is 30.0 Å². The highest BCUT2D eigenvalue weighted by Gasteiger charge is 2.30. The molecule has 1 unspecified atom stereocenters. The summed E-state index contributed by atoms with van der Waals surface area (Å²) in [5.74, 6) is 0.0118. The third kappa shape index (κ3) is 4.47. The third-order valence-corrected chi connectivity index (χ3v) is 3.98. The molecule has 0 radical (unpaired) electrons. The summed E-state index contributed by atoms with van der Waals surface area (Å²) in [6.07, 6.45) is -4.38. The Balaban J connectivity index is 2.05. The van der Waals surface area contributed by atoms with Crippen molar-refractivity contribution < 1.29 is 17.6 Å². The van der Waals surface area contributed by atoms with Crippen molar-refractivity contribution in [1.29, 1.82) is 0 Å². The second-order valence-electron chi connectivity index (χ2n) is 4.50. The van der Waals surface area contributed by atoms with Crippen molar-refractivity contribution in [2.75, 3.05) is 5.75 Å². The lowest BCUT2D eigenvalue weighted by molar-refractivity contribution is -0.137. The molecule has 21 heavy (non-hydrogen) atoms. The standard InChI is InChI=1S/C15H13F4NS/c16-12-5-2-6-13(8-12)21-9-14(20)10-3-1-4-11(7-10)15(17,18)19/h1-8,14H,9,20H2. The lowest BCUT2D eigenvalue weighted by Gasteiger charge is -2.14. The number of benzene rings is 2. The first-order valence-electron chi connectivity index (χ1n) is 6.17. The topological polar surface area (TPSA) is 26.0 Å². The maximum absolute atomic E-state index is 13.0. The van der Waals surface area contributed by atoms with Gasteiger partial charge in [-0.1, -0.05) is 18.2 Å². The molecule has 0 amide bonds. The van der Waals surface area contributed by atoms with Gasteiger partial charge in [0.05, 0.1) is 5.56 Å². The van der Waals surface area contributed by atoms with E-state index in [-0.39, 0.29) is 5.82 Å². The minimum Gasteiger partial charge on any atom is -0.323 e. The molecule has 2 aromatic carbocycles. The van der Waals surface area contributed by atoms with Gasteiger partial charge >= 0.3 is 6.18 Å². The van der Waals surface area contributed by atoms with Crippen LogP contribution in [-0.4, -0.2) is 5.75 Å². The Morgan fingerprint density at radius 3 is 2.43 bits per heavy atom. The van der Waals surface area contributed by atoms with Crippen LogP contribution in [0.25, 0.3) is 0 Å². The third-order valence-electron chi connectivity index (χ3n) is 2.87. The van der Waals surface area contributed by atoms with Crippen molar-refractivity contribution in [1.82, 2.24) is 0 Å². The summed E-state index contributed by atoms with van der Waals surface area (Å²) in [5.41, 5.74) is 5.61. The molecule has 0 saturated heterocycles. The average molecular weight is 315 g/mol. The monoisotopic (exact) mass is 315 g/mol. The first-order chi connectivity index (χ1) is 9.86. The first-order valence-corrected chi connectivity index (χ1v) is 7.16. The van der Waals surface area contributed by atoms with Crippen molar-refractivity contribution in [3.05, 3.63) is 65.5 Å². The molecule has 0 aliphatic rings. The zero-order valence-electron chi connectivity index (χ0n) is 10.9. The number of rotatable bonds is 4. The lowest BCUT2D eigenvalue weighted by atomic mass is 10.1. The van der Waals surface area contributed by atoms with Crippen molar-refractivity contribution in [2.45, 2.75) is 17.1 Å². The van der Waals surface area contributed by atoms with Crippen molar-refractivity contribution in [3.8, 4) is 0 Å². The minimum atomic E-state index is -4.38. The number of hydrogen-bond acceptors (Lipinski definition) is 2. The van der Waals surface area contributed by atoms with Gasteiger partial charge in [0, 0.05) is 16.7 Å². The van der Waals surface area contributed by atoms with E-state index in [0.717, 1.165) is 12.1 Å². The van der Waals surface area contributed by atoms with E-state index in [1.54, 1.807) is 18.2 Å². The van der Waals surface area contributed by atoms with Crippen LogP contribution < -0.4 is 5.73 Å². The molecule has 0 bridgehead atoms. The highest BCUT2D eigenvalue weighted by Crippen LogP contribution is 2.31. The molecule has 1 atom stereocenters. The summed E-state index contributed by atoms with van der Waals surface area (Å²) in [6.45, 7) is 0. The van der Waals surface area contributed by atoms with Crippen LogP contribution in [0, 0.1) is 5.82 Å². The molecule has 0 heterocycles. The number of halogens is 4. The SMILES string of the molecule is NC(CSc1cccc(F)c1)c1cccc(C(F)(F)F)c1. The Hall–Kier alpha value is -1.53. The zero-order chi connectivity index (χ0) is 15.5. The predicted octanol–water partition coefficient (Wildman–Crippen LogP) is 4.64. The predicted molar refractivity (Wildman–Crippen MR) is 75.5 cm³/mol. The molecule has 0 aromatic heterocycles. The van der Waals surface area contributed by atoms with E-state index in [1.807, 2.05) is 0 Å². The second kappa shape index (κ2) is 6.49.